The minimum absolute atomic E-state index is 0.745. The van der Waals surface area contributed by atoms with E-state index in [2.05, 4.69) is 18.7 Å². The number of ether oxygens (including phenoxy) is 2. The summed E-state index contributed by atoms with van der Waals surface area (Å²) in [6.45, 7) is 1.61. The Balaban J connectivity index is 2.24. The maximum absolute atomic E-state index is 5.64. The SMILES string of the molecule is SCc1c2c(cc3c1OCC3)OCC2. The minimum atomic E-state index is 0.745. The van der Waals surface area contributed by atoms with Crippen LogP contribution in [0.1, 0.15) is 16.7 Å². The lowest BCUT2D eigenvalue weighted by atomic mass is 10.0. The zero-order valence-electron chi connectivity index (χ0n) is 7.88. The highest BCUT2D eigenvalue weighted by Gasteiger charge is 2.25. The summed E-state index contributed by atoms with van der Waals surface area (Å²) in [6.07, 6.45) is 2.01. The summed E-state index contributed by atoms with van der Waals surface area (Å²) in [5.74, 6) is 2.87. The molecule has 0 saturated heterocycles. The Labute approximate surface area is 88.6 Å². The molecule has 2 nitrogen and oxygen atoms in total. The molecule has 3 heteroatoms. The highest BCUT2D eigenvalue weighted by Crippen LogP contribution is 2.41. The van der Waals surface area contributed by atoms with Gasteiger partial charge in [-0.3, -0.25) is 0 Å². The van der Waals surface area contributed by atoms with Crippen molar-refractivity contribution in [3.8, 4) is 11.5 Å². The van der Waals surface area contributed by atoms with E-state index in [9.17, 15) is 0 Å². The average molecular weight is 208 g/mol. The van der Waals surface area contributed by atoms with Crippen molar-refractivity contribution in [1.82, 2.24) is 0 Å². The molecular formula is C11H12O2S. The third kappa shape index (κ3) is 1.05. The van der Waals surface area contributed by atoms with Gasteiger partial charge in [0.25, 0.3) is 0 Å². The van der Waals surface area contributed by atoms with Crippen LogP contribution in [0, 0.1) is 0 Å². The van der Waals surface area contributed by atoms with Gasteiger partial charge >= 0.3 is 0 Å². The van der Waals surface area contributed by atoms with Gasteiger partial charge < -0.3 is 9.47 Å². The van der Waals surface area contributed by atoms with Crippen molar-refractivity contribution in [2.24, 2.45) is 0 Å². The smallest absolute Gasteiger partial charge is 0.127 e. The van der Waals surface area contributed by atoms with Crippen LogP contribution in [-0.2, 0) is 18.6 Å². The normalized spacial score (nSPS) is 17.2. The van der Waals surface area contributed by atoms with E-state index in [-0.39, 0.29) is 0 Å². The summed E-state index contributed by atoms with van der Waals surface area (Å²) in [5.41, 5.74) is 3.84. The number of hydrogen-bond acceptors (Lipinski definition) is 3. The van der Waals surface area contributed by atoms with Crippen LogP contribution in [0.15, 0.2) is 6.07 Å². The molecule has 0 bridgehead atoms. The quantitative estimate of drug-likeness (QED) is 0.711. The van der Waals surface area contributed by atoms with Crippen LogP contribution >= 0.6 is 12.6 Å². The summed E-state index contributed by atoms with van der Waals surface area (Å²) in [5, 5.41) is 0. The van der Waals surface area contributed by atoms with Gasteiger partial charge in [0, 0.05) is 35.3 Å². The largest absolute Gasteiger partial charge is 0.493 e. The zero-order chi connectivity index (χ0) is 9.54. The Morgan fingerprint density at radius 3 is 2.93 bits per heavy atom. The van der Waals surface area contributed by atoms with Gasteiger partial charge in [-0.25, -0.2) is 0 Å². The molecule has 0 amide bonds. The Morgan fingerprint density at radius 2 is 2.07 bits per heavy atom. The molecule has 0 atom stereocenters. The van der Waals surface area contributed by atoms with Gasteiger partial charge in [0.2, 0.25) is 0 Å². The van der Waals surface area contributed by atoms with Crippen LogP contribution in [0.2, 0.25) is 0 Å². The first-order chi connectivity index (χ1) is 6.90. The van der Waals surface area contributed by atoms with E-state index in [1.807, 2.05) is 0 Å². The van der Waals surface area contributed by atoms with Crippen molar-refractivity contribution in [2.45, 2.75) is 18.6 Å². The number of fused-ring (bicyclic) bond motifs is 2. The maximum Gasteiger partial charge on any atom is 0.127 e. The van der Waals surface area contributed by atoms with Gasteiger partial charge in [0.15, 0.2) is 0 Å². The molecule has 1 aromatic rings. The number of rotatable bonds is 1. The van der Waals surface area contributed by atoms with Gasteiger partial charge in [-0.05, 0) is 6.07 Å². The monoisotopic (exact) mass is 208 g/mol. The first-order valence-corrected chi connectivity index (χ1v) is 5.57. The molecule has 3 rings (SSSR count). The fourth-order valence-corrected chi connectivity index (χ4v) is 2.59. The van der Waals surface area contributed by atoms with Crippen molar-refractivity contribution < 1.29 is 9.47 Å². The minimum Gasteiger partial charge on any atom is -0.493 e. The van der Waals surface area contributed by atoms with Crippen LogP contribution in [0.3, 0.4) is 0 Å². The standard InChI is InChI=1S/C11H12O2S/c14-6-9-8-2-4-12-10(8)5-7-1-3-13-11(7)9/h5,14H,1-4,6H2. The van der Waals surface area contributed by atoms with Crippen molar-refractivity contribution >= 4 is 12.6 Å². The van der Waals surface area contributed by atoms with Gasteiger partial charge in [0.05, 0.1) is 13.2 Å². The van der Waals surface area contributed by atoms with Gasteiger partial charge in [-0.2, -0.15) is 12.6 Å². The summed E-state index contributed by atoms with van der Waals surface area (Å²) < 4.78 is 11.2. The molecule has 14 heavy (non-hydrogen) atoms. The molecule has 74 valence electrons. The predicted octanol–water partition coefficient (Wildman–Crippen LogP) is 1.99. The van der Waals surface area contributed by atoms with Crippen molar-refractivity contribution in [2.75, 3.05) is 13.2 Å². The molecule has 2 heterocycles. The average Bonchev–Trinajstić information content (AvgIpc) is 2.80. The fourth-order valence-electron chi connectivity index (χ4n) is 2.25. The molecule has 1 aromatic carbocycles. The third-order valence-electron chi connectivity index (χ3n) is 2.92. The lowest BCUT2D eigenvalue weighted by molar-refractivity contribution is 0.354. The van der Waals surface area contributed by atoms with Crippen LogP contribution in [0.25, 0.3) is 0 Å². The van der Waals surface area contributed by atoms with Gasteiger partial charge in [0.1, 0.15) is 11.5 Å². The molecule has 2 aliphatic heterocycles. The van der Waals surface area contributed by atoms with E-state index >= 15 is 0 Å². The van der Waals surface area contributed by atoms with Crippen LogP contribution < -0.4 is 9.47 Å². The molecular weight excluding hydrogens is 196 g/mol. The second-order valence-corrected chi connectivity index (χ2v) is 3.99. The van der Waals surface area contributed by atoms with Gasteiger partial charge in [-0.1, -0.05) is 0 Å². The zero-order valence-corrected chi connectivity index (χ0v) is 8.77. The topological polar surface area (TPSA) is 18.5 Å². The Morgan fingerprint density at radius 1 is 1.21 bits per heavy atom. The number of benzene rings is 1. The summed E-state index contributed by atoms with van der Waals surface area (Å²) in [7, 11) is 0. The molecule has 0 aromatic heterocycles. The Bertz CT molecular complexity index is 355. The molecule has 0 saturated carbocycles. The van der Waals surface area contributed by atoms with E-state index in [1.54, 1.807) is 0 Å². The Hall–Kier alpha value is -0.830. The summed E-state index contributed by atoms with van der Waals surface area (Å²) >= 11 is 4.37. The first kappa shape index (κ1) is 8.48. The van der Waals surface area contributed by atoms with E-state index in [4.69, 9.17) is 9.47 Å². The predicted molar refractivity (Wildman–Crippen MR) is 57.5 cm³/mol. The fraction of sp³-hybridized carbons (Fsp3) is 0.455. The van der Waals surface area contributed by atoms with E-state index < -0.39 is 0 Å². The molecule has 0 N–H and O–H groups in total. The maximum atomic E-state index is 5.64. The molecule has 0 fully saturated rings. The van der Waals surface area contributed by atoms with Crippen molar-refractivity contribution in [1.29, 1.82) is 0 Å². The van der Waals surface area contributed by atoms with Crippen molar-refractivity contribution in [3.63, 3.8) is 0 Å². The summed E-state index contributed by atoms with van der Waals surface area (Å²) in [4.78, 5) is 0. The van der Waals surface area contributed by atoms with Gasteiger partial charge in [-0.15, -0.1) is 0 Å². The lowest BCUT2D eigenvalue weighted by Gasteiger charge is -2.10. The molecule has 0 unspecified atom stereocenters. The Kier molecular flexibility index (Phi) is 1.87. The molecule has 0 radical (unpaired) electrons. The highest BCUT2D eigenvalue weighted by molar-refractivity contribution is 7.79. The third-order valence-corrected chi connectivity index (χ3v) is 3.23. The molecule has 2 aliphatic rings. The second kappa shape index (κ2) is 3.09. The number of thiol groups is 1. The van der Waals surface area contributed by atoms with Crippen molar-refractivity contribution in [3.05, 3.63) is 22.8 Å². The van der Waals surface area contributed by atoms with Crippen LogP contribution in [0.4, 0.5) is 0 Å². The first-order valence-electron chi connectivity index (χ1n) is 4.94. The van der Waals surface area contributed by atoms with Crippen LogP contribution in [-0.4, -0.2) is 13.2 Å². The number of hydrogen-bond donors (Lipinski definition) is 1. The van der Waals surface area contributed by atoms with Crippen LogP contribution in [0.5, 0.6) is 11.5 Å². The van der Waals surface area contributed by atoms with E-state index in [0.29, 0.717) is 0 Å². The molecule has 0 aliphatic carbocycles. The van der Waals surface area contributed by atoms with E-state index in [1.165, 1.54) is 16.7 Å². The van der Waals surface area contributed by atoms with E-state index in [0.717, 1.165) is 43.3 Å². The lowest BCUT2D eigenvalue weighted by Crippen LogP contribution is -1.94. The second-order valence-electron chi connectivity index (χ2n) is 3.68. The summed E-state index contributed by atoms with van der Waals surface area (Å²) in [6, 6.07) is 2.14. The molecule has 0 spiro atoms. The highest BCUT2D eigenvalue weighted by atomic mass is 32.1.